The molecule has 1 aromatic heterocycles. The van der Waals surface area contributed by atoms with Crippen LogP contribution in [-0.4, -0.2) is 59.3 Å². The number of aromatic nitrogens is 1. The molecule has 7 heteroatoms. The number of rotatable bonds is 3. The Kier molecular flexibility index (Phi) is 5.22. The Morgan fingerprint density at radius 1 is 1.13 bits per heavy atom. The summed E-state index contributed by atoms with van der Waals surface area (Å²) in [4.78, 5) is 34.7. The summed E-state index contributed by atoms with van der Waals surface area (Å²) in [5.74, 6) is 0.211. The first-order valence-corrected chi connectivity index (χ1v) is 11.3. The van der Waals surface area contributed by atoms with Crippen molar-refractivity contribution in [1.82, 2.24) is 20.1 Å². The molecule has 3 aliphatic heterocycles. The van der Waals surface area contributed by atoms with Crippen molar-refractivity contribution in [2.24, 2.45) is 10.8 Å². The van der Waals surface area contributed by atoms with Gasteiger partial charge in [0.2, 0.25) is 5.91 Å². The lowest BCUT2D eigenvalue weighted by molar-refractivity contribution is -0.133. The van der Waals surface area contributed by atoms with E-state index in [1.165, 1.54) is 5.56 Å². The molecule has 0 saturated carbocycles. The van der Waals surface area contributed by atoms with Crippen molar-refractivity contribution in [1.29, 1.82) is 0 Å². The number of carbonyl (C=O) groups is 2. The van der Waals surface area contributed by atoms with Crippen molar-refractivity contribution in [2.45, 2.75) is 25.8 Å². The quantitative estimate of drug-likeness (QED) is 0.800. The van der Waals surface area contributed by atoms with Crippen molar-refractivity contribution >= 4 is 23.4 Å². The zero-order chi connectivity index (χ0) is 21.5. The smallest absolute Gasteiger partial charge is 0.253 e. The standard InChI is InChI=1S/C24H27ClN4O2/c25-20-5-1-4-19(13-20)21(30)29-11-7-23(8-12-29)16-28(15-18-3-2-9-26-14-18)17-24(23)6-10-27-22(24)31/h1-5,9,13-14H,6-8,10-12,15-17H2,(H,27,31). The Hall–Kier alpha value is -2.44. The third-order valence-corrected chi connectivity index (χ3v) is 7.75. The van der Waals surface area contributed by atoms with E-state index < -0.39 is 0 Å². The van der Waals surface area contributed by atoms with E-state index in [1.54, 1.807) is 18.3 Å². The van der Waals surface area contributed by atoms with E-state index in [0.29, 0.717) is 23.7 Å². The highest BCUT2D eigenvalue weighted by Crippen LogP contribution is 2.56. The molecule has 0 aliphatic carbocycles. The summed E-state index contributed by atoms with van der Waals surface area (Å²) < 4.78 is 0. The molecule has 31 heavy (non-hydrogen) atoms. The number of benzene rings is 1. The van der Waals surface area contributed by atoms with E-state index >= 15 is 0 Å². The molecule has 3 aliphatic rings. The van der Waals surface area contributed by atoms with E-state index in [-0.39, 0.29) is 22.6 Å². The molecule has 1 atom stereocenters. The van der Waals surface area contributed by atoms with Gasteiger partial charge in [-0.15, -0.1) is 0 Å². The fourth-order valence-electron chi connectivity index (χ4n) is 5.95. The van der Waals surface area contributed by atoms with Crippen LogP contribution < -0.4 is 5.32 Å². The molecule has 0 bridgehead atoms. The average Bonchev–Trinajstić information content (AvgIpc) is 3.29. The SMILES string of the molecule is O=C(c1cccc(Cl)c1)N1CCC2(CC1)CN(Cc1cccnc1)CC21CCNC1=O. The highest BCUT2D eigenvalue weighted by molar-refractivity contribution is 6.30. The van der Waals surface area contributed by atoms with Crippen LogP contribution >= 0.6 is 11.6 Å². The van der Waals surface area contributed by atoms with Crippen molar-refractivity contribution in [3.05, 3.63) is 64.9 Å². The molecule has 5 rings (SSSR count). The second-order valence-electron chi connectivity index (χ2n) is 9.18. The van der Waals surface area contributed by atoms with Gasteiger partial charge in [0.1, 0.15) is 0 Å². The van der Waals surface area contributed by atoms with Crippen LogP contribution in [0.4, 0.5) is 0 Å². The predicted molar refractivity (Wildman–Crippen MR) is 119 cm³/mol. The van der Waals surface area contributed by atoms with Crippen molar-refractivity contribution in [2.75, 3.05) is 32.7 Å². The van der Waals surface area contributed by atoms with Gasteiger partial charge in [-0.1, -0.05) is 23.7 Å². The minimum absolute atomic E-state index is 0.0208. The zero-order valence-electron chi connectivity index (χ0n) is 17.5. The maximum atomic E-state index is 13.1. The van der Waals surface area contributed by atoms with Gasteiger partial charge in [-0.3, -0.25) is 19.5 Å². The molecular formula is C24H27ClN4O2. The van der Waals surface area contributed by atoms with Gasteiger partial charge in [0.15, 0.2) is 0 Å². The monoisotopic (exact) mass is 438 g/mol. The fraction of sp³-hybridized carbons (Fsp3) is 0.458. The molecule has 1 aromatic carbocycles. The molecule has 2 spiro atoms. The highest BCUT2D eigenvalue weighted by atomic mass is 35.5. The first kappa shape index (κ1) is 20.5. The Balaban J connectivity index is 1.35. The molecule has 4 heterocycles. The van der Waals surface area contributed by atoms with Gasteiger partial charge in [-0.2, -0.15) is 0 Å². The molecule has 3 saturated heterocycles. The number of piperidine rings is 1. The maximum absolute atomic E-state index is 13.1. The Morgan fingerprint density at radius 2 is 1.97 bits per heavy atom. The second-order valence-corrected chi connectivity index (χ2v) is 9.61. The van der Waals surface area contributed by atoms with Crippen LogP contribution in [0.25, 0.3) is 0 Å². The predicted octanol–water partition coefficient (Wildman–Crippen LogP) is 2.98. The number of fused-ring (bicyclic) bond motifs is 1. The van der Waals surface area contributed by atoms with Crippen LogP contribution in [0, 0.1) is 10.8 Å². The largest absolute Gasteiger partial charge is 0.356 e. The van der Waals surface area contributed by atoms with Crippen LogP contribution in [0.1, 0.15) is 35.2 Å². The Bertz CT molecular complexity index is 990. The summed E-state index contributed by atoms with van der Waals surface area (Å²) in [6, 6.07) is 11.2. The summed E-state index contributed by atoms with van der Waals surface area (Å²) in [6.07, 6.45) is 6.25. The first-order chi connectivity index (χ1) is 15.0. The zero-order valence-corrected chi connectivity index (χ0v) is 18.3. The number of likely N-dealkylation sites (tertiary alicyclic amines) is 2. The third kappa shape index (κ3) is 3.52. The molecule has 3 fully saturated rings. The molecule has 6 nitrogen and oxygen atoms in total. The molecule has 1 N–H and O–H groups in total. The van der Waals surface area contributed by atoms with Gasteiger partial charge in [0, 0.05) is 67.7 Å². The molecule has 2 amide bonds. The van der Waals surface area contributed by atoms with Crippen LogP contribution in [0.15, 0.2) is 48.8 Å². The number of nitrogens with zero attached hydrogens (tertiary/aromatic N) is 3. The fourth-order valence-corrected chi connectivity index (χ4v) is 6.14. The number of carbonyl (C=O) groups excluding carboxylic acids is 2. The highest BCUT2D eigenvalue weighted by Gasteiger charge is 2.63. The minimum atomic E-state index is -0.361. The summed E-state index contributed by atoms with van der Waals surface area (Å²) in [5, 5.41) is 3.67. The van der Waals surface area contributed by atoms with Crippen LogP contribution in [-0.2, 0) is 11.3 Å². The lowest BCUT2D eigenvalue weighted by Gasteiger charge is -2.46. The summed E-state index contributed by atoms with van der Waals surface area (Å²) in [6.45, 7) is 4.54. The summed E-state index contributed by atoms with van der Waals surface area (Å²) in [7, 11) is 0. The maximum Gasteiger partial charge on any atom is 0.253 e. The number of halogens is 1. The van der Waals surface area contributed by atoms with Gasteiger partial charge >= 0.3 is 0 Å². The van der Waals surface area contributed by atoms with E-state index in [0.717, 1.165) is 45.4 Å². The second kappa shape index (κ2) is 7.92. The van der Waals surface area contributed by atoms with Crippen LogP contribution in [0.5, 0.6) is 0 Å². The van der Waals surface area contributed by atoms with Crippen molar-refractivity contribution in [3.63, 3.8) is 0 Å². The van der Waals surface area contributed by atoms with Crippen LogP contribution in [0.2, 0.25) is 5.02 Å². The van der Waals surface area contributed by atoms with Gasteiger partial charge in [0.25, 0.3) is 5.91 Å². The summed E-state index contributed by atoms with van der Waals surface area (Å²) in [5.41, 5.74) is 1.34. The van der Waals surface area contributed by atoms with E-state index in [4.69, 9.17) is 11.6 Å². The number of hydrogen-bond donors (Lipinski definition) is 1. The average molecular weight is 439 g/mol. The lowest BCUT2D eigenvalue weighted by Crippen LogP contribution is -2.53. The van der Waals surface area contributed by atoms with Gasteiger partial charge in [-0.05, 0) is 49.1 Å². The van der Waals surface area contributed by atoms with Crippen molar-refractivity contribution < 1.29 is 9.59 Å². The number of nitrogens with one attached hydrogen (secondary N) is 1. The normalized spacial score (nSPS) is 25.3. The molecule has 0 radical (unpaired) electrons. The van der Waals surface area contributed by atoms with Gasteiger partial charge in [0.05, 0.1) is 5.41 Å². The third-order valence-electron chi connectivity index (χ3n) is 7.52. The first-order valence-electron chi connectivity index (χ1n) is 11.0. The Morgan fingerprint density at radius 3 is 2.65 bits per heavy atom. The summed E-state index contributed by atoms with van der Waals surface area (Å²) >= 11 is 6.08. The minimum Gasteiger partial charge on any atom is -0.356 e. The molecular weight excluding hydrogens is 412 g/mol. The topological polar surface area (TPSA) is 65.5 Å². The van der Waals surface area contributed by atoms with Gasteiger partial charge in [-0.25, -0.2) is 0 Å². The van der Waals surface area contributed by atoms with E-state index in [1.807, 2.05) is 29.3 Å². The van der Waals surface area contributed by atoms with Crippen LogP contribution in [0.3, 0.4) is 0 Å². The number of pyridine rings is 1. The van der Waals surface area contributed by atoms with E-state index in [2.05, 4.69) is 21.3 Å². The number of amides is 2. The number of hydrogen-bond acceptors (Lipinski definition) is 4. The molecule has 162 valence electrons. The molecule has 2 aromatic rings. The van der Waals surface area contributed by atoms with Gasteiger partial charge < -0.3 is 10.2 Å². The Labute approximate surface area is 187 Å². The molecule has 1 unspecified atom stereocenters. The van der Waals surface area contributed by atoms with Crippen molar-refractivity contribution in [3.8, 4) is 0 Å². The van der Waals surface area contributed by atoms with E-state index in [9.17, 15) is 9.59 Å². The lowest BCUT2D eigenvalue weighted by atomic mass is 9.60.